The van der Waals surface area contributed by atoms with Gasteiger partial charge in [-0.15, -0.1) is 0 Å². The van der Waals surface area contributed by atoms with E-state index < -0.39 is 10.0 Å². The van der Waals surface area contributed by atoms with Gasteiger partial charge >= 0.3 is 0 Å². The average molecular weight is 461 g/mol. The Balaban J connectivity index is 1.90. The maximum absolute atomic E-state index is 13.5. The van der Waals surface area contributed by atoms with Crippen molar-refractivity contribution >= 4 is 15.9 Å². The van der Waals surface area contributed by atoms with Gasteiger partial charge in [0.15, 0.2) is 0 Å². The summed E-state index contributed by atoms with van der Waals surface area (Å²) in [6.45, 7) is 5.87. The molecule has 0 N–H and O–H groups in total. The van der Waals surface area contributed by atoms with E-state index in [-0.39, 0.29) is 16.9 Å². The number of rotatable bonds is 10. The SMILES string of the molecule is CCN(CC)S(=O)(=O)c1cccc(C(=O)N(Cc2cccc(OC)c2)CC2CCCO2)c1. The van der Waals surface area contributed by atoms with Crippen LogP contribution in [0.3, 0.4) is 0 Å². The third-order valence-corrected chi connectivity index (χ3v) is 7.71. The minimum absolute atomic E-state index is 0.0212. The van der Waals surface area contributed by atoms with Crippen molar-refractivity contribution < 1.29 is 22.7 Å². The topological polar surface area (TPSA) is 76.2 Å². The second-order valence-corrected chi connectivity index (χ2v) is 9.73. The summed E-state index contributed by atoms with van der Waals surface area (Å²) < 4.78 is 38.4. The van der Waals surface area contributed by atoms with Gasteiger partial charge < -0.3 is 14.4 Å². The van der Waals surface area contributed by atoms with Gasteiger partial charge in [0.1, 0.15) is 5.75 Å². The second kappa shape index (κ2) is 10.9. The van der Waals surface area contributed by atoms with Crippen molar-refractivity contribution in [2.75, 3.05) is 33.4 Å². The largest absolute Gasteiger partial charge is 0.497 e. The molecule has 0 aromatic heterocycles. The molecule has 1 heterocycles. The van der Waals surface area contributed by atoms with Crippen molar-refractivity contribution in [3.8, 4) is 5.75 Å². The Labute approximate surface area is 191 Å². The predicted molar refractivity (Wildman–Crippen MR) is 123 cm³/mol. The smallest absolute Gasteiger partial charge is 0.254 e. The molecule has 1 aliphatic rings. The van der Waals surface area contributed by atoms with Crippen LogP contribution in [0.2, 0.25) is 0 Å². The van der Waals surface area contributed by atoms with Crippen LogP contribution < -0.4 is 4.74 Å². The zero-order chi connectivity index (χ0) is 23.1. The molecule has 0 bridgehead atoms. The Morgan fingerprint density at radius 1 is 1.12 bits per heavy atom. The molecule has 0 radical (unpaired) electrons. The summed E-state index contributed by atoms with van der Waals surface area (Å²) >= 11 is 0. The molecule has 1 fully saturated rings. The summed E-state index contributed by atoms with van der Waals surface area (Å²) in [5.41, 5.74) is 1.28. The Morgan fingerprint density at radius 2 is 1.88 bits per heavy atom. The van der Waals surface area contributed by atoms with Crippen molar-refractivity contribution in [1.82, 2.24) is 9.21 Å². The predicted octanol–water partition coefficient (Wildman–Crippen LogP) is 3.55. The van der Waals surface area contributed by atoms with E-state index in [1.54, 1.807) is 38.0 Å². The fourth-order valence-electron chi connectivity index (χ4n) is 3.93. The van der Waals surface area contributed by atoms with Crippen LogP contribution in [0.15, 0.2) is 53.4 Å². The first-order valence-corrected chi connectivity index (χ1v) is 12.5. The molecule has 32 heavy (non-hydrogen) atoms. The maximum Gasteiger partial charge on any atom is 0.254 e. The number of methoxy groups -OCH3 is 1. The van der Waals surface area contributed by atoms with E-state index in [1.807, 2.05) is 24.3 Å². The van der Waals surface area contributed by atoms with Gasteiger partial charge in [-0.25, -0.2) is 8.42 Å². The molecule has 3 rings (SSSR count). The molecule has 174 valence electrons. The highest BCUT2D eigenvalue weighted by Gasteiger charge is 2.26. The maximum atomic E-state index is 13.5. The summed E-state index contributed by atoms with van der Waals surface area (Å²) in [7, 11) is -2.04. The number of hydrogen-bond acceptors (Lipinski definition) is 5. The van der Waals surface area contributed by atoms with Crippen LogP contribution in [0.25, 0.3) is 0 Å². The Morgan fingerprint density at radius 3 is 2.53 bits per heavy atom. The van der Waals surface area contributed by atoms with E-state index in [4.69, 9.17) is 9.47 Å². The van der Waals surface area contributed by atoms with Gasteiger partial charge in [-0.05, 0) is 48.7 Å². The van der Waals surface area contributed by atoms with Gasteiger partial charge in [-0.3, -0.25) is 4.79 Å². The van der Waals surface area contributed by atoms with Gasteiger partial charge in [0.2, 0.25) is 10.0 Å². The van der Waals surface area contributed by atoms with Crippen molar-refractivity contribution in [1.29, 1.82) is 0 Å². The number of carbonyl (C=O) groups excluding carboxylic acids is 1. The number of ether oxygens (including phenoxy) is 2. The first-order chi connectivity index (χ1) is 15.4. The van der Waals surface area contributed by atoms with Crippen LogP contribution in [0.4, 0.5) is 0 Å². The lowest BCUT2D eigenvalue weighted by Gasteiger charge is -2.26. The number of amides is 1. The van der Waals surface area contributed by atoms with Gasteiger partial charge in [-0.1, -0.05) is 32.0 Å². The molecule has 2 aromatic rings. The van der Waals surface area contributed by atoms with E-state index in [0.717, 1.165) is 24.2 Å². The van der Waals surface area contributed by atoms with Crippen LogP contribution in [-0.2, 0) is 21.3 Å². The lowest BCUT2D eigenvalue weighted by atomic mass is 10.1. The number of sulfonamides is 1. The summed E-state index contributed by atoms with van der Waals surface area (Å²) in [6, 6.07) is 13.9. The monoisotopic (exact) mass is 460 g/mol. The second-order valence-electron chi connectivity index (χ2n) is 7.79. The van der Waals surface area contributed by atoms with Crippen LogP contribution in [0, 0.1) is 0 Å². The standard InChI is InChI=1S/C24H32N2O5S/c1-4-26(5-2)32(28,29)23-13-7-10-20(16-23)24(27)25(18-22-12-8-14-31-22)17-19-9-6-11-21(15-19)30-3/h6-7,9-11,13,15-16,22H,4-5,8,12,14,17-18H2,1-3H3. The average Bonchev–Trinajstić information content (AvgIpc) is 3.32. The fourth-order valence-corrected chi connectivity index (χ4v) is 5.43. The molecule has 1 saturated heterocycles. The van der Waals surface area contributed by atoms with Gasteiger partial charge in [0.05, 0.1) is 18.1 Å². The third-order valence-electron chi connectivity index (χ3n) is 5.67. The van der Waals surface area contributed by atoms with Crippen LogP contribution >= 0.6 is 0 Å². The lowest BCUT2D eigenvalue weighted by Crippen LogP contribution is -2.37. The summed E-state index contributed by atoms with van der Waals surface area (Å²) in [5.74, 6) is 0.499. The summed E-state index contributed by atoms with van der Waals surface area (Å²) in [5, 5.41) is 0. The number of carbonyl (C=O) groups is 1. The van der Waals surface area contributed by atoms with Crippen molar-refractivity contribution in [2.45, 2.75) is 44.2 Å². The zero-order valence-corrected chi connectivity index (χ0v) is 19.8. The summed E-state index contributed by atoms with van der Waals surface area (Å²) in [4.78, 5) is 15.4. The van der Waals surface area contributed by atoms with Crippen molar-refractivity contribution in [3.05, 3.63) is 59.7 Å². The molecule has 1 atom stereocenters. The first-order valence-electron chi connectivity index (χ1n) is 11.0. The van der Waals surface area contributed by atoms with E-state index in [2.05, 4.69) is 0 Å². The highest BCUT2D eigenvalue weighted by atomic mass is 32.2. The van der Waals surface area contributed by atoms with Gasteiger partial charge in [0.25, 0.3) is 5.91 Å². The molecular weight excluding hydrogens is 428 g/mol. The molecule has 0 aliphatic carbocycles. The molecular formula is C24H32N2O5S. The number of nitrogens with zero attached hydrogens (tertiary/aromatic N) is 2. The summed E-state index contributed by atoms with van der Waals surface area (Å²) in [6.07, 6.45) is 1.86. The highest BCUT2D eigenvalue weighted by molar-refractivity contribution is 7.89. The normalized spacial score (nSPS) is 16.3. The Kier molecular flexibility index (Phi) is 8.28. The van der Waals surface area contributed by atoms with E-state index in [1.165, 1.54) is 16.4 Å². The molecule has 0 spiro atoms. The Hall–Kier alpha value is -2.42. The fraction of sp³-hybridized carbons (Fsp3) is 0.458. The van der Waals surface area contributed by atoms with Crippen molar-refractivity contribution in [2.24, 2.45) is 0 Å². The van der Waals surface area contributed by atoms with Crippen LogP contribution in [-0.4, -0.2) is 63.0 Å². The van der Waals surface area contributed by atoms with E-state index in [9.17, 15) is 13.2 Å². The Bertz CT molecular complexity index is 1010. The number of hydrogen-bond donors (Lipinski definition) is 0. The molecule has 1 unspecified atom stereocenters. The molecule has 1 aliphatic heterocycles. The molecule has 1 amide bonds. The lowest BCUT2D eigenvalue weighted by molar-refractivity contribution is 0.0507. The third kappa shape index (κ3) is 5.68. The van der Waals surface area contributed by atoms with Crippen LogP contribution in [0.5, 0.6) is 5.75 Å². The molecule has 7 nitrogen and oxygen atoms in total. The van der Waals surface area contributed by atoms with E-state index in [0.29, 0.717) is 38.3 Å². The zero-order valence-electron chi connectivity index (χ0n) is 19.0. The number of benzene rings is 2. The minimum atomic E-state index is -3.65. The highest BCUT2D eigenvalue weighted by Crippen LogP contribution is 2.22. The quantitative estimate of drug-likeness (QED) is 0.542. The van der Waals surface area contributed by atoms with Crippen molar-refractivity contribution in [3.63, 3.8) is 0 Å². The van der Waals surface area contributed by atoms with E-state index >= 15 is 0 Å². The van der Waals surface area contributed by atoms with Gasteiger partial charge in [0, 0.05) is 38.3 Å². The minimum Gasteiger partial charge on any atom is -0.497 e. The first kappa shape index (κ1) is 24.2. The molecule has 0 saturated carbocycles. The molecule has 8 heteroatoms. The molecule has 2 aromatic carbocycles. The van der Waals surface area contributed by atoms with Gasteiger partial charge in [-0.2, -0.15) is 4.31 Å². The van der Waals surface area contributed by atoms with Crippen LogP contribution in [0.1, 0.15) is 42.6 Å².